The zero-order valence-electron chi connectivity index (χ0n) is 12.5. The number of fused-ring (bicyclic) bond motifs is 1. The molecule has 0 aliphatic rings. The Balaban J connectivity index is 1.99. The predicted molar refractivity (Wildman–Crippen MR) is 92.7 cm³/mol. The lowest BCUT2D eigenvalue weighted by atomic mass is 10.1. The number of hydrogen-bond acceptors (Lipinski definition) is 5. The molecule has 24 heavy (non-hydrogen) atoms. The van der Waals surface area contributed by atoms with E-state index in [2.05, 4.69) is 11.1 Å². The molecule has 118 valence electrons. The summed E-state index contributed by atoms with van der Waals surface area (Å²) in [7, 11) is 0. The fourth-order valence-electron chi connectivity index (χ4n) is 2.16. The van der Waals surface area contributed by atoms with E-state index in [9.17, 15) is 10.1 Å². The van der Waals surface area contributed by atoms with Crippen LogP contribution >= 0.6 is 11.3 Å². The minimum Gasteiger partial charge on any atom is -0.481 e. The van der Waals surface area contributed by atoms with Gasteiger partial charge in [0.15, 0.2) is 6.61 Å². The first-order chi connectivity index (χ1) is 11.7. The van der Waals surface area contributed by atoms with Gasteiger partial charge in [-0.05, 0) is 24.3 Å². The first kappa shape index (κ1) is 15.7. The molecule has 3 rings (SSSR count). The van der Waals surface area contributed by atoms with Crippen molar-refractivity contribution in [2.45, 2.75) is 0 Å². The smallest absolute Gasteiger partial charge is 0.341 e. The molecule has 0 fully saturated rings. The van der Waals surface area contributed by atoms with Gasteiger partial charge in [0.1, 0.15) is 16.8 Å². The molecule has 0 bridgehead atoms. The van der Waals surface area contributed by atoms with E-state index < -0.39 is 12.6 Å². The number of ether oxygens (including phenoxy) is 1. The molecule has 1 heterocycles. The quantitative estimate of drug-likeness (QED) is 0.716. The van der Waals surface area contributed by atoms with Gasteiger partial charge in [-0.1, -0.05) is 30.3 Å². The average Bonchev–Trinajstić information content (AvgIpc) is 3.02. The second kappa shape index (κ2) is 6.94. The highest BCUT2D eigenvalue weighted by atomic mass is 32.1. The van der Waals surface area contributed by atoms with Crippen LogP contribution in [0.15, 0.2) is 48.5 Å². The second-order valence-corrected chi connectivity index (χ2v) is 5.91. The highest BCUT2D eigenvalue weighted by molar-refractivity contribution is 7.19. The highest BCUT2D eigenvalue weighted by Crippen LogP contribution is 2.29. The van der Waals surface area contributed by atoms with Crippen molar-refractivity contribution in [2.24, 2.45) is 0 Å². The van der Waals surface area contributed by atoms with Crippen LogP contribution in [-0.2, 0) is 4.79 Å². The van der Waals surface area contributed by atoms with Crippen molar-refractivity contribution in [1.29, 1.82) is 5.26 Å². The van der Waals surface area contributed by atoms with Crippen LogP contribution in [0.2, 0.25) is 0 Å². The molecule has 0 saturated heterocycles. The van der Waals surface area contributed by atoms with E-state index in [4.69, 9.17) is 9.84 Å². The summed E-state index contributed by atoms with van der Waals surface area (Å²) >= 11 is 1.44. The number of hydrogen-bond donors (Lipinski definition) is 1. The van der Waals surface area contributed by atoms with Gasteiger partial charge in [0.05, 0.1) is 15.8 Å². The first-order valence-electron chi connectivity index (χ1n) is 7.09. The molecule has 0 amide bonds. The Bertz CT molecular complexity index is 937. The van der Waals surface area contributed by atoms with Crippen LogP contribution in [0, 0.1) is 11.3 Å². The zero-order valence-corrected chi connectivity index (χ0v) is 13.3. The van der Waals surface area contributed by atoms with Crippen molar-refractivity contribution >= 4 is 39.2 Å². The minimum absolute atomic E-state index is 0.405. The number of thiazole rings is 1. The largest absolute Gasteiger partial charge is 0.481 e. The van der Waals surface area contributed by atoms with Gasteiger partial charge in [-0.3, -0.25) is 0 Å². The Morgan fingerprint density at radius 2 is 2.00 bits per heavy atom. The zero-order chi connectivity index (χ0) is 16.9. The lowest BCUT2D eigenvalue weighted by Gasteiger charge is -2.06. The molecule has 0 unspecified atom stereocenters. The van der Waals surface area contributed by atoms with Crippen molar-refractivity contribution in [2.75, 3.05) is 6.61 Å². The summed E-state index contributed by atoms with van der Waals surface area (Å²) in [6.45, 7) is -0.437. The van der Waals surface area contributed by atoms with Crippen molar-refractivity contribution in [3.8, 4) is 11.8 Å². The third-order valence-electron chi connectivity index (χ3n) is 3.21. The Morgan fingerprint density at radius 1 is 1.25 bits per heavy atom. The maximum atomic E-state index is 10.7. The molecule has 0 atom stereocenters. The predicted octanol–water partition coefficient (Wildman–Crippen LogP) is 3.82. The molecule has 3 aromatic rings. The fourth-order valence-corrected chi connectivity index (χ4v) is 3.09. The summed E-state index contributed by atoms with van der Waals surface area (Å²) in [5.41, 5.74) is 1.88. The average molecular weight is 336 g/mol. The van der Waals surface area contributed by atoms with E-state index in [1.165, 1.54) is 11.3 Å². The third kappa shape index (κ3) is 3.42. The fraction of sp³-hybridized carbons (Fsp3) is 0.0556. The van der Waals surface area contributed by atoms with Crippen LogP contribution in [0.25, 0.3) is 21.9 Å². The van der Waals surface area contributed by atoms with Crippen molar-refractivity contribution in [1.82, 2.24) is 4.98 Å². The molecule has 0 aliphatic heterocycles. The van der Waals surface area contributed by atoms with Gasteiger partial charge in [-0.25, -0.2) is 9.78 Å². The summed E-state index contributed by atoms with van der Waals surface area (Å²) in [5, 5.41) is 18.9. The molecule has 1 aromatic heterocycles. The van der Waals surface area contributed by atoms with E-state index >= 15 is 0 Å². The Hall–Kier alpha value is -3.17. The summed E-state index contributed by atoms with van der Waals surface area (Å²) in [6, 6.07) is 16.8. The normalized spacial score (nSPS) is 11.2. The van der Waals surface area contributed by atoms with E-state index in [0.717, 1.165) is 10.2 Å². The van der Waals surface area contributed by atoms with Crippen molar-refractivity contribution in [3.63, 3.8) is 0 Å². The number of rotatable bonds is 5. The van der Waals surface area contributed by atoms with Crippen molar-refractivity contribution < 1.29 is 14.6 Å². The number of carboxylic acid groups (broad SMARTS) is 1. The number of benzene rings is 2. The molecule has 5 nitrogen and oxygen atoms in total. The highest BCUT2D eigenvalue weighted by Gasteiger charge is 2.10. The lowest BCUT2D eigenvalue weighted by Crippen LogP contribution is -2.09. The van der Waals surface area contributed by atoms with E-state index in [1.807, 2.05) is 24.3 Å². The number of allylic oxidation sites excluding steroid dienone is 1. The molecule has 0 saturated carbocycles. The number of carboxylic acids is 1. The van der Waals surface area contributed by atoms with E-state index in [0.29, 0.717) is 21.9 Å². The van der Waals surface area contributed by atoms with Crippen molar-refractivity contribution in [3.05, 3.63) is 59.1 Å². The summed E-state index contributed by atoms with van der Waals surface area (Å²) in [4.78, 5) is 15.2. The molecule has 0 aliphatic carbocycles. The number of nitriles is 1. The maximum Gasteiger partial charge on any atom is 0.341 e. The number of para-hydroxylation sites is 2. The summed E-state index contributed by atoms with van der Waals surface area (Å²) in [5.74, 6) is -0.644. The molecule has 6 heteroatoms. The van der Waals surface area contributed by atoms with Crippen LogP contribution in [-0.4, -0.2) is 22.7 Å². The van der Waals surface area contributed by atoms with Gasteiger partial charge >= 0.3 is 5.97 Å². The van der Waals surface area contributed by atoms with Gasteiger partial charge in [-0.15, -0.1) is 11.3 Å². The molecular formula is C18H12N2O3S. The van der Waals surface area contributed by atoms with E-state index in [-0.39, 0.29) is 0 Å². The molecule has 2 aromatic carbocycles. The first-order valence-corrected chi connectivity index (χ1v) is 7.90. The van der Waals surface area contributed by atoms with Gasteiger partial charge < -0.3 is 9.84 Å². The van der Waals surface area contributed by atoms with Crippen LogP contribution in [0.4, 0.5) is 0 Å². The molecule has 0 radical (unpaired) electrons. The summed E-state index contributed by atoms with van der Waals surface area (Å²) in [6.07, 6.45) is 1.66. The minimum atomic E-state index is -1.06. The molecule has 1 N–H and O–H groups in total. The van der Waals surface area contributed by atoms with Gasteiger partial charge in [-0.2, -0.15) is 5.26 Å². The topological polar surface area (TPSA) is 83.2 Å². The van der Waals surface area contributed by atoms with Crippen LogP contribution in [0.1, 0.15) is 10.6 Å². The molecule has 0 spiro atoms. The summed E-state index contributed by atoms with van der Waals surface area (Å²) < 4.78 is 6.27. The van der Waals surface area contributed by atoms with Gasteiger partial charge in [0.25, 0.3) is 0 Å². The number of aliphatic carboxylic acids is 1. The SMILES string of the molecule is N#C/C(=C\c1ccccc1OCC(=O)O)c1nc2ccccc2s1. The Labute approximate surface area is 142 Å². The number of carbonyl (C=O) groups is 1. The van der Waals surface area contributed by atoms with Gasteiger partial charge in [0, 0.05) is 5.56 Å². The third-order valence-corrected chi connectivity index (χ3v) is 4.28. The standard InChI is InChI=1S/C18H12N2O3S/c19-10-13(18-20-14-6-2-4-8-16(14)24-18)9-12-5-1-3-7-15(12)23-11-17(21)22/h1-9H,11H2,(H,21,22)/b13-9+. The number of nitrogens with zero attached hydrogens (tertiary/aromatic N) is 2. The Kier molecular flexibility index (Phi) is 4.54. The van der Waals surface area contributed by atoms with Crippen LogP contribution < -0.4 is 4.74 Å². The van der Waals surface area contributed by atoms with E-state index in [1.54, 1.807) is 30.3 Å². The number of aromatic nitrogens is 1. The lowest BCUT2D eigenvalue weighted by molar-refractivity contribution is -0.139. The molecular weight excluding hydrogens is 324 g/mol. The second-order valence-electron chi connectivity index (χ2n) is 4.88. The van der Waals surface area contributed by atoms with Crippen LogP contribution in [0.3, 0.4) is 0 Å². The van der Waals surface area contributed by atoms with Crippen LogP contribution in [0.5, 0.6) is 5.75 Å². The monoisotopic (exact) mass is 336 g/mol. The van der Waals surface area contributed by atoms with Gasteiger partial charge in [0.2, 0.25) is 0 Å². The maximum absolute atomic E-state index is 10.7. The Morgan fingerprint density at radius 3 is 2.75 bits per heavy atom.